The zero-order valence-electron chi connectivity index (χ0n) is 8.77. The molecule has 0 aliphatic carbocycles. The Hall–Kier alpha value is -1.45. The Morgan fingerprint density at radius 3 is 2.20 bits per heavy atom. The molecular weight excluding hydrogens is 202 g/mol. The summed E-state index contributed by atoms with van der Waals surface area (Å²) in [5, 5.41) is 8.93. The predicted molar refractivity (Wildman–Crippen MR) is 52.6 cm³/mol. The monoisotopic (exact) mass is 214 g/mol. The highest BCUT2D eigenvalue weighted by atomic mass is 19.3. The SMILES string of the molecule is Cc1cc(C(F)F)c(C)c(C(=O)O)c1C. The molecule has 0 amide bonds. The van der Waals surface area contributed by atoms with E-state index < -0.39 is 12.4 Å². The Morgan fingerprint density at radius 1 is 1.27 bits per heavy atom. The lowest BCUT2D eigenvalue weighted by Crippen LogP contribution is -2.07. The second-order valence-electron chi connectivity index (χ2n) is 3.51. The quantitative estimate of drug-likeness (QED) is 0.820. The number of carbonyl (C=O) groups is 1. The molecule has 0 heterocycles. The molecule has 0 radical (unpaired) electrons. The predicted octanol–water partition coefficient (Wildman–Crippen LogP) is 3.25. The summed E-state index contributed by atoms with van der Waals surface area (Å²) in [4.78, 5) is 10.9. The first kappa shape index (κ1) is 11.6. The molecule has 0 saturated carbocycles. The van der Waals surface area contributed by atoms with Gasteiger partial charge in [-0.1, -0.05) is 0 Å². The first-order valence-electron chi connectivity index (χ1n) is 4.48. The molecule has 0 aliphatic rings. The highest BCUT2D eigenvalue weighted by Crippen LogP contribution is 2.29. The number of aromatic carboxylic acids is 1. The van der Waals surface area contributed by atoms with Crippen LogP contribution in [0.5, 0.6) is 0 Å². The van der Waals surface area contributed by atoms with E-state index in [-0.39, 0.29) is 16.7 Å². The van der Waals surface area contributed by atoms with Gasteiger partial charge in [0.1, 0.15) is 0 Å². The van der Waals surface area contributed by atoms with Crippen LogP contribution in [0.15, 0.2) is 6.07 Å². The molecule has 0 atom stereocenters. The maximum absolute atomic E-state index is 12.6. The highest BCUT2D eigenvalue weighted by Gasteiger charge is 2.20. The van der Waals surface area contributed by atoms with Crippen LogP contribution >= 0.6 is 0 Å². The van der Waals surface area contributed by atoms with Crippen LogP contribution in [0.3, 0.4) is 0 Å². The van der Waals surface area contributed by atoms with E-state index in [2.05, 4.69) is 0 Å². The summed E-state index contributed by atoms with van der Waals surface area (Å²) < 4.78 is 25.2. The van der Waals surface area contributed by atoms with Crippen molar-refractivity contribution in [2.45, 2.75) is 27.2 Å². The van der Waals surface area contributed by atoms with Gasteiger partial charge in [0.05, 0.1) is 5.56 Å². The lowest BCUT2D eigenvalue weighted by molar-refractivity contribution is 0.0694. The molecule has 4 heteroatoms. The Bertz CT molecular complexity index is 412. The van der Waals surface area contributed by atoms with Gasteiger partial charge in [0.2, 0.25) is 0 Å². The second kappa shape index (κ2) is 3.96. The molecule has 0 aliphatic heterocycles. The Labute approximate surface area is 86.5 Å². The van der Waals surface area contributed by atoms with Gasteiger partial charge in [-0.3, -0.25) is 0 Å². The van der Waals surface area contributed by atoms with Crippen molar-refractivity contribution in [2.75, 3.05) is 0 Å². The Kier molecular flexibility index (Phi) is 3.07. The molecule has 0 unspecified atom stereocenters. The van der Waals surface area contributed by atoms with E-state index in [9.17, 15) is 13.6 Å². The smallest absolute Gasteiger partial charge is 0.336 e. The third kappa shape index (κ3) is 1.98. The molecule has 0 aromatic heterocycles. The van der Waals surface area contributed by atoms with Gasteiger partial charge >= 0.3 is 5.97 Å². The summed E-state index contributed by atoms with van der Waals surface area (Å²) in [6.07, 6.45) is -2.64. The molecule has 2 nitrogen and oxygen atoms in total. The molecule has 1 rings (SSSR count). The minimum atomic E-state index is -2.64. The topological polar surface area (TPSA) is 37.3 Å². The Morgan fingerprint density at radius 2 is 1.80 bits per heavy atom. The van der Waals surface area contributed by atoms with Crippen molar-refractivity contribution >= 4 is 5.97 Å². The van der Waals surface area contributed by atoms with Crippen LogP contribution in [0.4, 0.5) is 8.78 Å². The molecule has 82 valence electrons. The van der Waals surface area contributed by atoms with Gasteiger partial charge in [-0.05, 0) is 43.5 Å². The number of alkyl halides is 2. The fraction of sp³-hybridized carbons (Fsp3) is 0.364. The van der Waals surface area contributed by atoms with Gasteiger partial charge < -0.3 is 5.11 Å². The largest absolute Gasteiger partial charge is 0.478 e. The lowest BCUT2D eigenvalue weighted by Gasteiger charge is -2.13. The maximum atomic E-state index is 12.6. The van der Waals surface area contributed by atoms with Crippen LogP contribution in [0, 0.1) is 20.8 Å². The number of carboxylic acids is 1. The highest BCUT2D eigenvalue weighted by molar-refractivity contribution is 5.92. The minimum absolute atomic E-state index is 0.00898. The number of halogens is 2. The van der Waals surface area contributed by atoms with E-state index in [1.807, 2.05) is 0 Å². The fourth-order valence-electron chi connectivity index (χ4n) is 1.62. The summed E-state index contributed by atoms with van der Waals surface area (Å²) in [6.45, 7) is 4.67. The van der Waals surface area contributed by atoms with Gasteiger partial charge in [-0.2, -0.15) is 0 Å². The number of carboxylic acid groups (broad SMARTS) is 1. The molecule has 15 heavy (non-hydrogen) atoms. The first-order chi connectivity index (χ1) is 6.86. The molecular formula is C11H12F2O2. The second-order valence-corrected chi connectivity index (χ2v) is 3.51. The van der Waals surface area contributed by atoms with Crippen molar-refractivity contribution in [1.29, 1.82) is 0 Å². The molecule has 1 aromatic carbocycles. The van der Waals surface area contributed by atoms with Crippen molar-refractivity contribution in [2.24, 2.45) is 0 Å². The van der Waals surface area contributed by atoms with Crippen molar-refractivity contribution in [3.63, 3.8) is 0 Å². The number of hydrogen-bond donors (Lipinski definition) is 1. The molecule has 0 spiro atoms. The third-order valence-electron chi connectivity index (χ3n) is 2.60. The minimum Gasteiger partial charge on any atom is -0.478 e. The van der Waals surface area contributed by atoms with E-state index in [0.717, 1.165) is 0 Å². The number of rotatable bonds is 2. The average molecular weight is 214 g/mol. The van der Waals surface area contributed by atoms with Crippen LogP contribution < -0.4 is 0 Å². The van der Waals surface area contributed by atoms with Crippen LogP contribution in [0.25, 0.3) is 0 Å². The summed E-state index contributed by atoms with van der Waals surface area (Å²) in [6, 6.07) is 1.35. The van der Waals surface area contributed by atoms with Crippen molar-refractivity contribution < 1.29 is 18.7 Å². The van der Waals surface area contributed by atoms with Crippen molar-refractivity contribution in [1.82, 2.24) is 0 Å². The fourth-order valence-corrected chi connectivity index (χ4v) is 1.62. The van der Waals surface area contributed by atoms with E-state index in [1.54, 1.807) is 13.8 Å². The maximum Gasteiger partial charge on any atom is 0.336 e. The van der Waals surface area contributed by atoms with Gasteiger partial charge in [-0.25, -0.2) is 13.6 Å². The summed E-state index contributed by atoms with van der Waals surface area (Å²) in [7, 11) is 0. The van der Waals surface area contributed by atoms with Crippen LogP contribution in [-0.4, -0.2) is 11.1 Å². The van der Waals surface area contributed by atoms with Gasteiger partial charge in [0.15, 0.2) is 0 Å². The van der Waals surface area contributed by atoms with E-state index >= 15 is 0 Å². The molecule has 1 aromatic rings. The summed E-state index contributed by atoms with van der Waals surface area (Å²) >= 11 is 0. The zero-order chi connectivity index (χ0) is 11.7. The average Bonchev–Trinajstić information content (AvgIpc) is 2.10. The third-order valence-corrected chi connectivity index (χ3v) is 2.60. The van der Waals surface area contributed by atoms with Crippen LogP contribution in [0.2, 0.25) is 0 Å². The van der Waals surface area contributed by atoms with Crippen molar-refractivity contribution in [3.8, 4) is 0 Å². The Balaban J connectivity index is 3.56. The molecule has 1 N–H and O–H groups in total. The van der Waals surface area contributed by atoms with E-state index in [1.165, 1.54) is 13.0 Å². The molecule has 0 bridgehead atoms. The van der Waals surface area contributed by atoms with E-state index in [4.69, 9.17) is 5.11 Å². The van der Waals surface area contributed by atoms with Crippen molar-refractivity contribution in [3.05, 3.63) is 33.9 Å². The number of benzene rings is 1. The lowest BCUT2D eigenvalue weighted by atomic mass is 9.94. The van der Waals surface area contributed by atoms with Gasteiger partial charge in [-0.15, -0.1) is 0 Å². The normalized spacial score (nSPS) is 10.8. The zero-order valence-corrected chi connectivity index (χ0v) is 8.77. The van der Waals surface area contributed by atoms with E-state index in [0.29, 0.717) is 11.1 Å². The van der Waals surface area contributed by atoms with Crippen LogP contribution in [-0.2, 0) is 0 Å². The number of hydrogen-bond acceptors (Lipinski definition) is 1. The molecule has 0 saturated heterocycles. The standard InChI is InChI=1S/C11H12F2O2/c1-5-4-8(10(12)13)7(3)9(6(5)2)11(14)15/h4,10H,1-3H3,(H,14,15). The summed E-state index contributed by atoms with van der Waals surface area (Å²) in [5.74, 6) is -1.16. The molecule has 0 fully saturated rings. The van der Waals surface area contributed by atoms with Gasteiger partial charge in [0.25, 0.3) is 6.43 Å². The van der Waals surface area contributed by atoms with Crippen LogP contribution in [0.1, 0.15) is 39.0 Å². The summed E-state index contributed by atoms with van der Waals surface area (Å²) in [5.41, 5.74) is 1.07. The first-order valence-corrected chi connectivity index (χ1v) is 4.48. The number of aryl methyl sites for hydroxylation is 1. The van der Waals surface area contributed by atoms with Gasteiger partial charge in [0, 0.05) is 5.56 Å².